The first-order valence-corrected chi connectivity index (χ1v) is 10.7. The van der Waals surface area contributed by atoms with Gasteiger partial charge in [-0.3, -0.25) is 4.98 Å². The molecule has 0 atom stereocenters. The van der Waals surface area contributed by atoms with E-state index in [0.29, 0.717) is 6.61 Å². The highest BCUT2D eigenvalue weighted by molar-refractivity contribution is 5.43. The van der Waals surface area contributed by atoms with Crippen molar-refractivity contribution in [1.29, 1.82) is 0 Å². The van der Waals surface area contributed by atoms with Crippen molar-refractivity contribution in [2.45, 2.75) is 19.7 Å². The summed E-state index contributed by atoms with van der Waals surface area (Å²) in [5.41, 5.74) is 3.78. The van der Waals surface area contributed by atoms with Crippen LogP contribution < -0.4 is 19.3 Å². The summed E-state index contributed by atoms with van der Waals surface area (Å²) in [5.74, 6) is 1.61. The van der Waals surface area contributed by atoms with Crippen LogP contribution in [0.3, 0.4) is 0 Å². The zero-order valence-corrected chi connectivity index (χ0v) is 17.6. The van der Waals surface area contributed by atoms with Gasteiger partial charge >= 0.3 is 0 Å². The Morgan fingerprint density at radius 1 is 0.767 bits per heavy atom. The first kappa shape index (κ1) is 20.4. The van der Waals surface area contributed by atoms with Crippen LogP contribution in [-0.2, 0) is 19.7 Å². The Balaban J connectivity index is 1.32. The van der Waals surface area contributed by atoms with Crippen LogP contribution >= 0.6 is 0 Å². The van der Waals surface area contributed by atoms with E-state index in [-0.39, 0.29) is 0 Å². The molecule has 0 bridgehead atoms. The Hall–Kier alpha value is -2.89. The number of quaternary nitrogens is 2. The molecule has 0 amide bonds. The van der Waals surface area contributed by atoms with Gasteiger partial charge in [0, 0.05) is 23.5 Å². The van der Waals surface area contributed by atoms with Crippen molar-refractivity contribution < 1.29 is 19.3 Å². The van der Waals surface area contributed by atoms with Crippen LogP contribution in [0.25, 0.3) is 0 Å². The highest BCUT2D eigenvalue weighted by atomic mass is 16.5. The maximum Gasteiger partial charge on any atom is 0.162 e. The van der Waals surface area contributed by atoms with Gasteiger partial charge in [-0.2, -0.15) is 0 Å². The number of aromatic nitrogens is 1. The van der Waals surface area contributed by atoms with Crippen molar-refractivity contribution in [2.24, 2.45) is 0 Å². The van der Waals surface area contributed by atoms with Crippen LogP contribution in [0.1, 0.15) is 16.7 Å². The van der Waals surface area contributed by atoms with E-state index in [2.05, 4.69) is 35.3 Å². The standard InChI is InChI=1S/C25H29N3O2/c1-29-24-10-9-22(16-25(24)30-20-21-6-3-2-4-7-21)18-27-12-14-28(15-13-27)19-23-8-5-11-26-17-23/h2-11,16-17H,12-15,18-20H2,1H3/p+2. The molecule has 2 aromatic carbocycles. The van der Waals surface area contributed by atoms with Crippen molar-refractivity contribution in [2.75, 3.05) is 33.3 Å². The molecule has 30 heavy (non-hydrogen) atoms. The second kappa shape index (κ2) is 10.2. The summed E-state index contributed by atoms with van der Waals surface area (Å²) in [5, 5.41) is 0. The van der Waals surface area contributed by atoms with Crippen LogP contribution in [-0.4, -0.2) is 38.3 Å². The largest absolute Gasteiger partial charge is 0.493 e. The van der Waals surface area contributed by atoms with Crippen LogP contribution in [0.15, 0.2) is 73.1 Å². The van der Waals surface area contributed by atoms with Gasteiger partial charge in [0.2, 0.25) is 0 Å². The van der Waals surface area contributed by atoms with E-state index in [1.807, 2.05) is 42.7 Å². The molecule has 1 aliphatic heterocycles. The number of ether oxygens (including phenoxy) is 2. The molecule has 1 fully saturated rings. The monoisotopic (exact) mass is 405 g/mol. The lowest BCUT2D eigenvalue weighted by atomic mass is 10.1. The van der Waals surface area contributed by atoms with Crippen molar-refractivity contribution in [3.8, 4) is 11.5 Å². The molecule has 1 saturated heterocycles. The number of hydrogen-bond acceptors (Lipinski definition) is 3. The van der Waals surface area contributed by atoms with Gasteiger partial charge in [0.15, 0.2) is 11.5 Å². The minimum Gasteiger partial charge on any atom is -0.493 e. The van der Waals surface area contributed by atoms with Gasteiger partial charge < -0.3 is 19.3 Å². The van der Waals surface area contributed by atoms with E-state index in [1.54, 1.807) is 16.9 Å². The molecule has 1 aliphatic rings. The molecule has 2 N–H and O–H groups in total. The van der Waals surface area contributed by atoms with E-state index in [9.17, 15) is 0 Å². The minimum absolute atomic E-state index is 0.546. The van der Waals surface area contributed by atoms with Gasteiger partial charge in [-0.1, -0.05) is 36.4 Å². The Morgan fingerprint density at radius 3 is 2.13 bits per heavy atom. The normalized spacial score (nSPS) is 18.7. The van der Waals surface area contributed by atoms with E-state index in [0.717, 1.165) is 30.2 Å². The van der Waals surface area contributed by atoms with E-state index < -0.39 is 0 Å². The number of nitrogens with one attached hydrogen (secondary N) is 2. The molecule has 2 heterocycles. The minimum atomic E-state index is 0.546. The fourth-order valence-corrected chi connectivity index (χ4v) is 4.07. The van der Waals surface area contributed by atoms with Crippen LogP contribution in [0.2, 0.25) is 0 Å². The van der Waals surface area contributed by atoms with Crippen LogP contribution in [0.5, 0.6) is 11.5 Å². The number of benzene rings is 2. The highest BCUT2D eigenvalue weighted by Crippen LogP contribution is 2.28. The SMILES string of the molecule is COc1ccc(C[NH+]2CC[NH+](Cc3cccnc3)CC2)cc1OCc1ccccc1. The van der Waals surface area contributed by atoms with Gasteiger partial charge in [0.05, 0.1) is 7.11 Å². The topological polar surface area (TPSA) is 40.2 Å². The molecule has 0 unspecified atom stereocenters. The lowest BCUT2D eigenvalue weighted by molar-refractivity contribution is -1.02. The Labute approximate surface area is 178 Å². The average molecular weight is 406 g/mol. The number of pyridine rings is 1. The average Bonchev–Trinajstić information content (AvgIpc) is 2.80. The Morgan fingerprint density at radius 2 is 1.47 bits per heavy atom. The molecule has 0 radical (unpaired) electrons. The first-order chi connectivity index (χ1) is 14.8. The van der Waals surface area contributed by atoms with Gasteiger partial charge in [-0.15, -0.1) is 0 Å². The van der Waals surface area contributed by atoms with Crippen LogP contribution in [0, 0.1) is 0 Å². The highest BCUT2D eigenvalue weighted by Gasteiger charge is 2.23. The van der Waals surface area contributed by atoms with E-state index in [1.165, 1.54) is 37.3 Å². The maximum atomic E-state index is 6.08. The Kier molecular flexibility index (Phi) is 6.95. The van der Waals surface area contributed by atoms with Gasteiger partial charge in [0.1, 0.15) is 45.9 Å². The Bertz CT molecular complexity index is 910. The molecular formula is C25H31N3O2+2. The van der Waals surface area contributed by atoms with Crippen molar-refractivity contribution in [3.05, 3.63) is 89.7 Å². The third-order valence-corrected chi connectivity index (χ3v) is 5.76. The number of hydrogen-bond donors (Lipinski definition) is 2. The third-order valence-electron chi connectivity index (χ3n) is 5.76. The molecule has 0 saturated carbocycles. The van der Waals surface area contributed by atoms with Gasteiger partial charge in [-0.05, 0) is 29.8 Å². The molecule has 0 spiro atoms. The predicted molar refractivity (Wildman–Crippen MR) is 117 cm³/mol. The molecule has 156 valence electrons. The summed E-state index contributed by atoms with van der Waals surface area (Å²) in [7, 11) is 1.69. The predicted octanol–water partition coefficient (Wildman–Crippen LogP) is 1.15. The summed E-state index contributed by atoms with van der Waals surface area (Å²) >= 11 is 0. The smallest absolute Gasteiger partial charge is 0.162 e. The van der Waals surface area contributed by atoms with Crippen molar-refractivity contribution in [3.63, 3.8) is 0 Å². The lowest BCUT2D eigenvalue weighted by Gasteiger charge is -2.29. The summed E-state index contributed by atoms with van der Waals surface area (Å²) in [6.07, 6.45) is 3.83. The quantitative estimate of drug-likeness (QED) is 0.591. The molecule has 3 aromatic rings. The van der Waals surface area contributed by atoms with Crippen molar-refractivity contribution >= 4 is 0 Å². The first-order valence-electron chi connectivity index (χ1n) is 10.7. The second-order valence-electron chi connectivity index (χ2n) is 7.97. The number of piperazine rings is 1. The zero-order chi connectivity index (χ0) is 20.6. The lowest BCUT2D eigenvalue weighted by Crippen LogP contribution is -3.27. The van der Waals surface area contributed by atoms with E-state index in [4.69, 9.17) is 9.47 Å². The number of rotatable bonds is 8. The number of methoxy groups -OCH3 is 1. The number of nitrogens with zero attached hydrogens (tertiary/aromatic N) is 1. The van der Waals surface area contributed by atoms with E-state index >= 15 is 0 Å². The molecule has 4 rings (SSSR count). The third kappa shape index (κ3) is 5.59. The van der Waals surface area contributed by atoms with Gasteiger partial charge in [-0.25, -0.2) is 0 Å². The molecule has 5 nitrogen and oxygen atoms in total. The second-order valence-corrected chi connectivity index (χ2v) is 7.97. The van der Waals surface area contributed by atoms with Crippen molar-refractivity contribution in [1.82, 2.24) is 4.98 Å². The van der Waals surface area contributed by atoms with Gasteiger partial charge in [0.25, 0.3) is 0 Å². The molecule has 5 heteroatoms. The fraction of sp³-hybridized carbons (Fsp3) is 0.320. The molecule has 1 aromatic heterocycles. The summed E-state index contributed by atoms with van der Waals surface area (Å²) in [6.45, 7) is 7.38. The summed E-state index contributed by atoms with van der Waals surface area (Å²) in [6, 6.07) is 20.8. The summed E-state index contributed by atoms with van der Waals surface area (Å²) in [4.78, 5) is 7.51. The zero-order valence-electron chi connectivity index (χ0n) is 17.6. The summed E-state index contributed by atoms with van der Waals surface area (Å²) < 4.78 is 11.6. The molecular weight excluding hydrogens is 374 g/mol. The van der Waals surface area contributed by atoms with Crippen LogP contribution in [0.4, 0.5) is 0 Å². The fourth-order valence-electron chi connectivity index (χ4n) is 4.07. The molecule has 0 aliphatic carbocycles. The maximum absolute atomic E-state index is 6.08.